The Labute approximate surface area is 139 Å². The van der Waals surface area contributed by atoms with E-state index in [1.807, 2.05) is 0 Å². The molecule has 0 radical (unpaired) electrons. The molecular weight excluding hydrogens is 278 g/mol. The number of nitrogens with zero attached hydrogens (tertiary/aromatic N) is 1. The molecule has 0 saturated heterocycles. The lowest BCUT2D eigenvalue weighted by Crippen LogP contribution is -2.39. The molecule has 120 valence electrons. The first-order chi connectivity index (χ1) is 11.0. The largest absolute Gasteiger partial charge is 0.292 e. The summed E-state index contributed by atoms with van der Waals surface area (Å²) < 4.78 is 0. The maximum Gasteiger partial charge on any atom is 0.0331 e. The Hall–Kier alpha value is -1.86. The van der Waals surface area contributed by atoms with Gasteiger partial charge in [-0.25, -0.2) is 0 Å². The lowest BCUT2D eigenvalue weighted by Gasteiger charge is -2.37. The lowest BCUT2D eigenvalue weighted by atomic mass is 9.94. The first kappa shape index (κ1) is 16.0. The van der Waals surface area contributed by atoms with Gasteiger partial charge in [0.2, 0.25) is 0 Å². The van der Waals surface area contributed by atoms with Gasteiger partial charge in [0.05, 0.1) is 0 Å². The van der Waals surface area contributed by atoms with Crippen LogP contribution in [0.4, 0.5) is 0 Å². The molecule has 1 nitrogen and oxygen atoms in total. The summed E-state index contributed by atoms with van der Waals surface area (Å²) in [5.74, 6) is 0. The topological polar surface area (TPSA) is 3.24 Å². The number of rotatable bonds is 4. The Morgan fingerprint density at radius 1 is 0.609 bits per heavy atom. The first-order valence-corrected chi connectivity index (χ1v) is 8.68. The minimum atomic E-state index is 0.403. The van der Waals surface area contributed by atoms with Gasteiger partial charge in [0.25, 0.3) is 0 Å². The molecule has 0 fully saturated rings. The van der Waals surface area contributed by atoms with Crippen LogP contribution in [-0.4, -0.2) is 17.0 Å². The average Bonchev–Trinajstić information content (AvgIpc) is 2.53. The van der Waals surface area contributed by atoms with Crippen molar-refractivity contribution < 1.29 is 0 Å². The highest BCUT2D eigenvalue weighted by Crippen LogP contribution is 2.33. The number of hydrogen-bond acceptors (Lipinski definition) is 1. The maximum absolute atomic E-state index is 2.59. The molecule has 3 rings (SSSR count). The van der Waals surface area contributed by atoms with Crippen LogP contribution in [0.1, 0.15) is 46.2 Å². The van der Waals surface area contributed by atoms with E-state index in [2.05, 4.69) is 94.1 Å². The van der Waals surface area contributed by atoms with Gasteiger partial charge >= 0.3 is 0 Å². The second kappa shape index (κ2) is 6.33. The summed E-state index contributed by atoms with van der Waals surface area (Å²) in [5, 5.41) is 5.40. The summed E-state index contributed by atoms with van der Waals surface area (Å²) in [7, 11) is 0. The van der Waals surface area contributed by atoms with Gasteiger partial charge in [-0.1, -0.05) is 54.6 Å². The SMILES string of the molecule is CC(C)N(C(C)C)C(C)c1cccc2c1ccc1ccccc12. The van der Waals surface area contributed by atoms with Crippen molar-refractivity contribution >= 4 is 21.5 Å². The molecule has 0 bridgehead atoms. The Morgan fingerprint density at radius 2 is 1.26 bits per heavy atom. The molecule has 3 aromatic rings. The monoisotopic (exact) mass is 305 g/mol. The van der Waals surface area contributed by atoms with Crippen molar-refractivity contribution in [2.75, 3.05) is 0 Å². The minimum Gasteiger partial charge on any atom is -0.292 e. The van der Waals surface area contributed by atoms with Crippen LogP contribution in [0.5, 0.6) is 0 Å². The zero-order valence-corrected chi connectivity index (χ0v) is 14.9. The zero-order valence-electron chi connectivity index (χ0n) is 14.9. The van der Waals surface area contributed by atoms with Gasteiger partial charge in [0.1, 0.15) is 0 Å². The van der Waals surface area contributed by atoms with Gasteiger partial charge in [-0.2, -0.15) is 0 Å². The average molecular weight is 305 g/mol. The van der Waals surface area contributed by atoms with Crippen LogP contribution >= 0.6 is 0 Å². The number of benzene rings is 3. The predicted octanol–water partition coefficient (Wildman–Crippen LogP) is 6.17. The molecule has 0 aliphatic rings. The summed E-state index contributed by atoms with van der Waals surface area (Å²) in [4.78, 5) is 2.59. The van der Waals surface area contributed by atoms with Crippen molar-refractivity contribution in [1.82, 2.24) is 4.90 Å². The van der Waals surface area contributed by atoms with Crippen molar-refractivity contribution in [3.63, 3.8) is 0 Å². The predicted molar refractivity (Wildman–Crippen MR) is 102 cm³/mol. The quantitative estimate of drug-likeness (QED) is 0.521. The minimum absolute atomic E-state index is 0.403. The van der Waals surface area contributed by atoms with Crippen LogP contribution in [0, 0.1) is 0 Å². The summed E-state index contributed by atoms with van der Waals surface area (Å²) in [6.45, 7) is 11.5. The molecule has 0 N–H and O–H groups in total. The summed E-state index contributed by atoms with van der Waals surface area (Å²) in [5.41, 5.74) is 1.43. The first-order valence-electron chi connectivity index (χ1n) is 8.68. The van der Waals surface area contributed by atoms with Crippen LogP contribution in [0.15, 0.2) is 54.6 Å². The van der Waals surface area contributed by atoms with Crippen LogP contribution in [0.25, 0.3) is 21.5 Å². The fourth-order valence-corrected chi connectivity index (χ4v) is 4.08. The molecule has 0 saturated carbocycles. The molecule has 0 aliphatic heterocycles. The molecule has 0 amide bonds. The van der Waals surface area contributed by atoms with E-state index in [9.17, 15) is 0 Å². The smallest absolute Gasteiger partial charge is 0.0331 e. The molecule has 1 heteroatoms. The molecule has 0 aliphatic carbocycles. The second-order valence-electron chi connectivity index (χ2n) is 7.04. The van der Waals surface area contributed by atoms with Crippen molar-refractivity contribution in [3.8, 4) is 0 Å². The standard InChI is InChI=1S/C22H27N/c1-15(2)23(16(3)4)17(5)19-11-8-12-21-20-10-7-6-9-18(20)13-14-22(19)21/h6-17H,1-5H3. The van der Waals surface area contributed by atoms with Gasteiger partial charge in [0, 0.05) is 18.1 Å². The van der Waals surface area contributed by atoms with Crippen molar-refractivity contribution in [3.05, 3.63) is 60.2 Å². The third-order valence-corrected chi connectivity index (χ3v) is 4.91. The number of fused-ring (bicyclic) bond motifs is 3. The fourth-order valence-electron chi connectivity index (χ4n) is 4.08. The van der Waals surface area contributed by atoms with E-state index in [0.29, 0.717) is 18.1 Å². The summed E-state index contributed by atoms with van der Waals surface area (Å²) in [6, 6.07) is 21.4. The third-order valence-electron chi connectivity index (χ3n) is 4.91. The Kier molecular flexibility index (Phi) is 4.41. The maximum atomic E-state index is 2.59. The zero-order chi connectivity index (χ0) is 16.6. The summed E-state index contributed by atoms with van der Waals surface area (Å²) >= 11 is 0. The third kappa shape index (κ3) is 2.86. The normalized spacial score (nSPS) is 13.6. The van der Waals surface area contributed by atoms with E-state index in [4.69, 9.17) is 0 Å². The van der Waals surface area contributed by atoms with Crippen LogP contribution in [0.3, 0.4) is 0 Å². The Bertz CT molecular complexity index is 808. The summed E-state index contributed by atoms with van der Waals surface area (Å²) in [6.07, 6.45) is 0. The number of hydrogen-bond donors (Lipinski definition) is 0. The van der Waals surface area contributed by atoms with E-state index < -0.39 is 0 Å². The molecule has 0 heterocycles. The van der Waals surface area contributed by atoms with Gasteiger partial charge < -0.3 is 0 Å². The van der Waals surface area contributed by atoms with Gasteiger partial charge in [-0.3, -0.25) is 4.90 Å². The molecule has 3 aromatic carbocycles. The van der Waals surface area contributed by atoms with Gasteiger partial charge in [-0.05, 0) is 61.7 Å². The highest BCUT2D eigenvalue weighted by atomic mass is 15.2. The van der Waals surface area contributed by atoms with Crippen molar-refractivity contribution in [2.24, 2.45) is 0 Å². The molecule has 1 unspecified atom stereocenters. The van der Waals surface area contributed by atoms with E-state index in [0.717, 1.165) is 0 Å². The van der Waals surface area contributed by atoms with E-state index in [1.54, 1.807) is 0 Å². The molecule has 0 aromatic heterocycles. The Balaban J connectivity index is 2.20. The van der Waals surface area contributed by atoms with Crippen LogP contribution < -0.4 is 0 Å². The molecule has 0 spiro atoms. The molecule has 1 atom stereocenters. The second-order valence-corrected chi connectivity index (χ2v) is 7.04. The highest BCUT2D eigenvalue weighted by Gasteiger charge is 2.22. The van der Waals surface area contributed by atoms with Crippen LogP contribution in [-0.2, 0) is 0 Å². The highest BCUT2D eigenvalue weighted by molar-refractivity contribution is 6.08. The van der Waals surface area contributed by atoms with Crippen LogP contribution in [0.2, 0.25) is 0 Å². The van der Waals surface area contributed by atoms with E-state index >= 15 is 0 Å². The fraction of sp³-hybridized carbons (Fsp3) is 0.364. The van der Waals surface area contributed by atoms with Crippen molar-refractivity contribution in [1.29, 1.82) is 0 Å². The van der Waals surface area contributed by atoms with E-state index in [-0.39, 0.29) is 0 Å². The molecular formula is C22H27N. The Morgan fingerprint density at radius 3 is 1.96 bits per heavy atom. The van der Waals surface area contributed by atoms with Crippen molar-refractivity contribution in [2.45, 2.75) is 52.7 Å². The lowest BCUT2D eigenvalue weighted by molar-refractivity contribution is 0.123. The molecule has 23 heavy (non-hydrogen) atoms. The van der Waals surface area contributed by atoms with Gasteiger partial charge in [-0.15, -0.1) is 0 Å². The van der Waals surface area contributed by atoms with Gasteiger partial charge in [0.15, 0.2) is 0 Å². The van der Waals surface area contributed by atoms with E-state index in [1.165, 1.54) is 27.1 Å².